The Morgan fingerprint density at radius 1 is 1.15 bits per heavy atom. The summed E-state index contributed by atoms with van der Waals surface area (Å²) >= 11 is 0. The van der Waals surface area contributed by atoms with Gasteiger partial charge in [0.1, 0.15) is 17.5 Å². The van der Waals surface area contributed by atoms with Crippen LogP contribution in [-0.2, 0) is 35.6 Å². The van der Waals surface area contributed by atoms with Gasteiger partial charge in [-0.25, -0.2) is 8.42 Å². The van der Waals surface area contributed by atoms with Crippen molar-refractivity contribution in [3.63, 3.8) is 0 Å². The van der Waals surface area contributed by atoms with Crippen LogP contribution in [0.2, 0.25) is 0 Å². The SMILES string of the molecule is CC1(C)OCC(Cn2ccc3c(/C=C/S(=O)(=O)N4CCC5(CC4)N=C(C4CCOCC4)NC5=O)cccc32)O1. The Morgan fingerprint density at radius 2 is 1.92 bits per heavy atom. The first-order valence-electron chi connectivity index (χ1n) is 13.7. The zero-order valence-electron chi connectivity index (χ0n) is 22.5. The zero-order chi connectivity index (χ0) is 27.3. The number of amides is 1. The number of benzene rings is 1. The van der Waals surface area contributed by atoms with Gasteiger partial charge in [0.15, 0.2) is 5.79 Å². The van der Waals surface area contributed by atoms with Crippen molar-refractivity contribution in [1.29, 1.82) is 0 Å². The second kappa shape index (κ2) is 10.1. The fraction of sp³-hybridized carbons (Fsp3) is 0.571. The summed E-state index contributed by atoms with van der Waals surface area (Å²) in [6.07, 6.45) is 6.05. The smallest absolute Gasteiger partial charge is 0.253 e. The average molecular weight is 557 g/mol. The lowest BCUT2D eigenvalue weighted by Gasteiger charge is -2.34. The lowest BCUT2D eigenvalue weighted by molar-refractivity contribution is -0.139. The van der Waals surface area contributed by atoms with Gasteiger partial charge in [-0.1, -0.05) is 12.1 Å². The molecule has 10 nitrogen and oxygen atoms in total. The van der Waals surface area contributed by atoms with E-state index < -0.39 is 21.3 Å². The van der Waals surface area contributed by atoms with E-state index in [0.717, 1.165) is 35.1 Å². The number of piperidine rings is 1. The number of nitrogens with zero attached hydrogens (tertiary/aromatic N) is 3. The van der Waals surface area contributed by atoms with Crippen LogP contribution in [0.4, 0.5) is 0 Å². The largest absolute Gasteiger partial charge is 0.381 e. The van der Waals surface area contributed by atoms with Crippen LogP contribution in [0, 0.1) is 5.92 Å². The van der Waals surface area contributed by atoms with Crippen molar-refractivity contribution >= 4 is 38.7 Å². The Balaban J connectivity index is 1.13. The molecule has 0 bridgehead atoms. The van der Waals surface area contributed by atoms with E-state index in [1.54, 1.807) is 6.08 Å². The molecule has 4 aliphatic rings. The lowest BCUT2D eigenvalue weighted by Crippen LogP contribution is -2.50. The maximum Gasteiger partial charge on any atom is 0.253 e. The molecule has 0 radical (unpaired) electrons. The number of nitrogens with one attached hydrogen (secondary N) is 1. The van der Waals surface area contributed by atoms with Crippen molar-refractivity contribution < 1.29 is 27.4 Å². The minimum Gasteiger partial charge on any atom is -0.381 e. The molecule has 11 heteroatoms. The molecule has 1 unspecified atom stereocenters. The maximum absolute atomic E-state index is 13.2. The molecule has 0 saturated carbocycles. The van der Waals surface area contributed by atoms with Crippen molar-refractivity contribution in [3.05, 3.63) is 41.4 Å². The number of ether oxygens (including phenoxy) is 3. The van der Waals surface area contributed by atoms with Gasteiger partial charge in [0.25, 0.3) is 5.91 Å². The van der Waals surface area contributed by atoms with Gasteiger partial charge in [0.05, 0.1) is 13.2 Å². The molecule has 2 aromatic rings. The van der Waals surface area contributed by atoms with Crippen molar-refractivity contribution in [2.45, 2.75) is 63.5 Å². The monoisotopic (exact) mass is 556 g/mol. The van der Waals surface area contributed by atoms with Crippen LogP contribution in [0.25, 0.3) is 17.0 Å². The van der Waals surface area contributed by atoms with Crippen LogP contribution in [0.3, 0.4) is 0 Å². The molecule has 6 rings (SSSR count). The van der Waals surface area contributed by atoms with Gasteiger partial charge in [0.2, 0.25) is 10.0 Å². The molecule has 0 aliphatic carbocycles. The van der Waals surface area contributed by atoms with E-state index in [1.807, 2.05) is 44.3 Å². The zero-order valence-corrected chi connectivity index (χ0v) is 23.3. The van der Waals surface area contributed by atoms with Crippen LogP contribution in [-0.4, -0.2) is 79.4 Å². The number of fused-ring (bicyclic) bond motifs is 1. The fourth-order valence-electron chi connectivity index (χ4n) is 6.03. The van der Waals surface area contributed by atoms with Gasteiger partial charge in [-0.05, 0) is 63.3 Å². The molecule has 3 fully saturated rings. The van der Waals surface area contributed by atoms with Crippen molar-refractivity contribution in [2.24, 2.45) is 10.9 Å². The number of rotatable bonds is 6. The number of aliphatic imine (C=N–C) groups is 1. The first-order valence-corrected chi connectivity index (χ1v) is 15.2. The average Bonchev–Trinajstić information content (AvgIpc) is 3.59. The van der Waals surface area contributed by atoms with Gasteiger partial charge in [-0.3, -0.25) is 9.79 Å². The minimum atomic E-state index is -3.66. The topological polar surface area (TPSA) is 111 Å². The highest BCUT2D eigenvalue weighted by Crippen LogP contribution is 2.34. The molecule has 1 amide bonds. The molecule has 1 spiro atoms. The lowest BCUT2D eigenvalue weighted by atomic mass is 9.89. The maximum atomic E-state index is 13.2. The Kier molecular flexibility index (Phi) is 6.91. The van der Waals surface area contributed by atoms with Crippen molar-refractivity contribution in [2.75, 3.05) is 32.9 Å². The van der Waals surface area contributed by atoms with E-state index in [-0.39, 0.29) is 31.0 Å². The Labute approximate surface area is 229 Å². The minimum absolute atomic E-state index is 0.0448. The van der Waals surface area contributed by atoms with Crippen molar-refractivity contribution in [3.8, 4) is 0 Å². The van der Waals surface area contributed by atoms with E-state index in [1.165, 1.54) is 9.71 Å². The first-order chi connectivity index (χ1) is 18.6. The van der Waals surface area contributed by atoms with E-state index in [2.05, 4.69) is 9.88 Å². The summed E-state index contributed by atoms with van der Waals surface area (Å²) in [4.78, 5) is 17.7. The fourth-order valence-corrected chi connectivity index (χ4v) is 7.21. The number of carbonyl (C=O) groups excluding carboxylic acids is 1. The summed E-state index contributed by atoms with van der Waals surface area (Å²) in [5, 5.41) is 5.23. The summed E-state index contributed by atoms with van der Waals surface area (Å²) in [6.45, 7) is 6.86. The third kappa shape index (κ3) is 5.30. The molecule has 4 aliphatic heterocycles. The van der Waals surface area contributed by atoms with Gasteiger partial charge < -0.3 is 24.1 Å². The highest BCUT2D eigenvalue weighted by molar-refractivity contribution is 7.92. The quantitative estimate of drug-likeness (QED) is 0.586. The van der Waals surface area contributed by atoms with E-state index in [0.29, 0.717) is 39.2 Å². The summed E-state index contributed by atoms with van der Waals surface area (Å²) in [7, 11) is -3.66. The Bertz CT molecular complexity index is 1410. The molecule has 3 saturated heterocycles. The van der Waals surface area contributed by atoms with Crippen molar-refractivity contribution in [1.82, 2.24) is 14.2 Å². The molecular formula is C28H36N4O6S. The predicted molar refractivity (Wildman–Crippen MR) is 147 cm³/mol. The van der Waals surface area contributed by atoms with Gasteiger partial charge >= 0.3 is 0 Å². The molecule has 1 N–H and O–H groups in total. The second-order valence-corrected chi connectivity index (χ2v) is 13.1. The van der Waals surface area contributed by atoms with E-state index >= 15 is 0 Å². The Hall–Kier alpha value is -2.57. The third-order valence-electron chi connectivity index (χ3n) is 8.25. The predicted octanol–water partition coefficient (Wildman–Crippen LogP) is 2.88. The Morgan fingerprint density at radius 3 is 2.64 bits per heavy atom. The van der Waals surface area contributed by atoms with Gasteiger partial charge in [-0.15, -0.1) is 0 Å². The molecular weight excluding hydrogens is 520 g/mol. The van der Waals surface area contributed by atoms with Crippen LogP contribution in [0.15, 0.2) is 40.9 Å². The summed E-state index contributed by atoms with van der Waals surface area (Å²) in [5.74, 6) is 0.265. The first kappa shape index (κ1) is 26.6. The van der Waals surface area contributed by atoms with Crippen LogP contribution in [0.5, 0.6) is 0 Å². The molecule has 5 heterocycles. The van der Waals surface area contributed by atoms with Gasteiger partial charge in [-0.2, -0.15) is 4.31 Å². The molecule has 1 aromatic heterocycles. The third-order valence-corrected chi connectivity index (χ3v) is 9.82. The van der Waals surface area contributed by atoms with E-state index in [4.69, 9.17) is 19.2 Å². The van der Waals surface area contributed by atoms with Crippen LogP contribution < -0.4 is 5.32 Å². The number of sulfonamides is 1. The number of carbonyl (C=O) groups is 1. The molecule has 1 aromatic carbocycles. The number of aromatic nitrogens is 1. The van der Waals surface area contributed by atoms with Crippen LogP contribution >= 0.6 is 0 Å². The highest BCUT2D eigenvalue weighted by Gasteiger charge is 2.48. The summed E-state index contributed by atoms with van der Waals surface area (Å²) in [6, 6.07) is 7.87. The number of amidine groups is 1. The number of hydrogen-bond donors (Lipinski definition) is 1. The van der Waals surface area contributed by atoms with Gasteiger partial charge in [0, 0.05) is 54.7 Å². The highest BCUT2D eigenvalue weighted by atomic mass is 32.2. The molecule has 39 heavy (non-hydrogen) atoms. The van der Waals surface area contributed by atoms with Crippen LogP contribution in [0.1, 0.15) is 45.1 Å². The van der Waals surface area contributed by atoms with E-state index in [9.17, 15) is 13.2 Å². The normalized spacial score (nSPS) is 26.1. The summed E-state index contributed by atoms with van der Waals surface area (Å²) in [5.41, 5.74) is 0.975. The molecule has 210 valence electrons. The molecule has 1 atom stereocenters. The summed E-state index contributed by atoms with van der Waals surface area (Å²) < 4.78 is 47.1. The second-order valence-electron chi connectivity index (χ2n) is 11.3. The number of hydrogen-bond acceptors (Lipinski definition) is 7. The standard InChI is InChI=1S/C28H36N4O6S/c1-27(2)37-19-22(38-27)18-31-12-6-23-20(4-3-5-24(23)31)9-17-39(34,35)32-13-10-28(11-14-32)26(33)29-25(30-28)21-7-15-36-16-8-21/h3-6,9,12,17,21-22H,7-8,10-11,13-16,18-19H2,1-2H3,(H,29,30,33)/b17-9+.